The van der Waals surface area contributed by atoms with Crippen molar-refractivity contribution in [2.45, 2.75) is 6.42 Å². The lowest BCUT2D eigenvalue weighted by molar-refractivity contribution is -0.403. The Hall–Kier alpha value is -2.24. The highest BCUT2D eigenvalue weighted by Gasteiger charge is 1.97. The van der Waals surface area contributed by atoms with E-state index in [-0.39, 0.29) is 5.82 Å². The first-order valence-corrected chi connectivity index (χ1v) is 5.09. The topological polar surface area (TPSA) is 90.4 Å². The molecule has 0 amide bonds. The van der Waals surface area contributed by atoms with Gasteiger partial charge in [-0.15, -0.1) is 0 Å². The zero-order valence-corrected chi connectivity index (χ0v) is 9.55. The van der Waals surface area contributed by atoms with E-state index in [4.69, 9.17) is 10.5 Å². The Kier molecular flexibility index (Phi) is 4.80. The lowest BCUT2D eigenvalue weighted by Gasteiger charge is -2.05. The van der Waals surface area contributed by atoms with E-state index in [1.165, 1.54) is 0 Å². The summed E-state index contributed by atoms with van der Waals surface area (Å²) in [7, 11) is 1.61. The maximum absolute atomic E-state index is 10.1. The summed E-state index contributed by atoms with van der Waals surface area (Å²) in [4.78, 5) is 9.52. The summed E-state index contributed by atoms with van der Waals surface area (Å²) in [5.74, 6) is 0.859. The van der Waals surface area contributed by atoms with Crippen LogP contribution in [0.4, 0.5) is 0 Å². The predicted molar refractivity (Wildman–Crippen MR) is 64.0 cm³/mol. The fourth-order valence-electron chi connectivity index (χ4n) is 1.30. The van der Waals surface area contributed by atoms with Gasteiger partial charge in [0.2, 0.25) is 0 Å². The molecule has 0 saturated carbocycles. The van der Waals surface area contributed by atoms with Crippen molar-refractivity contribution in [2.75, 3.05) is 13.7 Å². The summed E-state index contributed by atoms with van der Waals surface area (Å²) in [5, 5.41) is 12.9. The summed E-state index contributed by atoms with van der Waals surface area (Å²) < 4.78 is 5.04. The van der Waals surface area contributed by atoms with Crippen molar-refractivity contribution < 1.29 is 9.66 Å². The third-order valence-corrected chi connectivity index (χ3v) is 2.15. The van der Waals surface area contributed by atoms with E-state index in [9.17, 15) is 10.1 Å². The van der Waals surface area contributed by atoms with Gasteiger partial charge in [-0.25, -0.2) is 0 Å². The van der Waals surface area contributed by atoms with Crippen molar-refractivity contribution in [3.8, 4) is 5.75 Å². The first-order chi connectivity index (χ1) is 8.11. The highest BCUT2D eigenvalue weighted by molar-refractivity contribution is 5.27. The minimum absolute atomic E-state index is 0.0588. The smallest absolute Gasteiger partial charge is 0.273 e. The largest absolute Gasteiger partial charge is 0.497 e. The van der Waals surface area contributed by atoms with Crippen molar-refractivity contribution in [1.29, 1.82) is 0 Å². The molecule has 92 valence electrons. The number of hydrogen-bond donors (Lipinski definition) is 2. The Morgan fingerprint density at radius 3 is 2.71 bits per heavy atom. The predicted octanol–water partition coefficient (Wildman–Crippen LogP) is 0.862. The van der Waals surface area contributed by atoms with Gasteiger partial charge in [-0.05, 0) is 24.1 Å². The molecular formula is C11H15N3O3. The molecule has 1 rings (SSSR count). The number of nitrogens with two attached hydrogens (primary N) is 1. The average Bonchev–Trinajstić information content (AvgIpc) is 2.29. The Labute approximate surface area is 99.2 Å². The van der Waals surface area contributed by atoms with Crippen LogP contribution in [-0.2, 0) is 6.42 Å². The molecule has 1 aromatic rings. The van der Waals surface area contributed by atoms with Crippen molar-refractivity contribution in [2.24, 2.45) is 5.73 Å². The molecule has 6 heteroatoms. The minimum Gasteiger partial charge on any atom is -0.497 e. The molecule has 0 aromatic heterocycles. The Morgan fingerprint density at radius 1 is 1.53 bits per heavy atom. The molecule has 0 unspecified atom stereocenters. The molecule has 0 saturated heterocycles. The highest BCUT2D eigenvalue weighted by Crippen LogP contribution is 2.11. The van der Waals surface area contributed by atoms with Crippen molar-refractivity contribution in [3.05, 3.63) is 52.0 Å². The van der Waals surface area contributed by atoms with Crippen LogP contribution >= 0.6 is 0 Å². The number of nitro groups is 1. The van der Waals surface area contributed by atoms with Gasteiger partial charge in [0.1, 0.15) is 5.75 Å². The average molecular weight is 237 g/mol. The Morgan fingerprint density at radius 2 is 2.18 bits per heavy atom. The van der Waals surface area contributed by atoms with Gasteiger partial charge in [0.25, 0.3) is 6.20 Å². The number of methoxy groups -OCH3 is 1. The highest BCUT2D eigenvalue weighted by atomic mass is 16.6. The van der Waals surface area contributed by atoms with Crippen LogP contribution in [0.5, 0.6) is 5.75 Å². The van der Waals surface area contributed by atoms with Gasteiger partial charge < -0.3 is 15.8 Å². The molecule has 1 aromatic carbocycles. The number of nitrogens with zero attached hydrogens (tertiary/aromatic N) is 1. The SMILES string of the molecule is COc1ccc(CCN/C(N)=C/[N+](=O)[O-])cc1. The van der Waals surface area contributed by atoms with Gasteiger partial charge in [-0.1, -0.05) is 12.1 Å². The van der Waals surface area contributed by atoms with Gasteiger partial charge in [0.15, 0.2) is 5.82 Å². The number of hydrogen-bond acceptors (Lipinski definition) is 5. The molecule has 0 aliphatic carbocycles. The van der Waals surface area contributed by atoms with E-state index in [1.807, 2.05) is 24.3 Å². The number of nitrogens with one attached hydrogen (secondary N) is 1. The van der Waals surface area contributed by atoms with Gasteiger partial charge in [0.05, 0.1) is 12.0 Å². The van der Waals surface area contributed by atoms with Crippen molar-refractivity contribution in [3.63, 3.8) is 0 Å². The first kappa shape index (κ1) is 12.8. The van der Waals surface area contributed by atoms with Crippen LogP contribution in [0, 0.1) is 10.1 Å². The first-order valence-electron chi connectivity index (χ1n) is 5.09. The Balaban J connectivity index is 2.38. The number of ether oxygens (including phenoxy) is 1. The van der Waals surface area contributed by atoms with Crippen LogP contribution in [0.25, 0.3) is 0 Å². The van der Waals surface area contributed by atoms with E-state index in [1.54, 1.807) is 7.11 Å². The fraction of sp³-hybridized carbons (Fsp3) is 0.273. The third kappa shape index (κ3) is 4.87. The molecular weight excluding hydrogens is 222 g/mol. The second kappa shape index (κ2) is 6.37. The van der Waals surface area contributed by atoms with E-state index in [0.29, 0.717) is 6.54 Å². The molecule has 0 bridgehead atoms. The summed E-state index contributed by atoms with van der Waals surface area (Å²) in [5.41, 5.74) is 6.48. The quantitative estimate of drug-likeness (QED) is 0.565. The van der Waals surface area contributed by atoms with E-state index in [0.717, 1.165) is 23.9 Å². The van der Waals surface area contributed by atoms with Crippen LogP contribution in [0.1, 0.15) is 5.56 Å². The van der Waals surface area contributed by atoms with E-state index < -0.39 is 4.92 Å². The van der Waals surface area contributed by atoms with Crippen LogP contribution in [0.2, 0.25) is 0 Å². The summed E-state index contributed by atoms with van der Waals surface area (Å²) in [6.45, 7) is 0.544. The molecule has 0 aliphatic rings. The number of rotatable bonds is 6. The normalized spacial score (nSPS) is 11.0. The fourth-order valence-corrected chi connectivity index (χ4v) is 1.30. The molecule has 0 aliphatic heterocycles. The van der Waals surface area contributed by atoms with Crippen LogP contribution in [0.15, 0.2) is 36.3 Å². The summed E-state index contributed by atoms with van der Waals surface area (Å²) in [6, 6.07) is 7.61. The van der Waals surface area contributed by atoms with Crippen LogP contribution in [0.3, 0.4) is 0 Å². The minimum atomic E-state index is -0.588. The molecule has 0 heterocycles. The monoisotopic (exact) mass is 237 g/mol. The zero-order valence-electron chi connectivity index (χ0n) is 9.55. The Bertz CT molecular complexity index is 401. The van der Waals surface area contributed by atoms with Crippen LogP contribution in [-0.4, -0.2) is 18.6 Å². The van der Waals surface area contributed by atoms with Crippen molar-refractivity contribution in [1.82, 2.24) is 5.32 Å². The molecule has 0 fully saturated rings. The summed E-state index contributed by atoms with van der Waals surface area (Å²) in [6.07, 6.45) is 1.48. The molecule has 0 radical (unpaired) electrons. The maximum atomic E-state index is 10.1. The molecule has 17 heavy (non-hydrogen) atoms. The number of benzene rings is 1. The second-order valence-electron chi connectivity index (χ2n) is 3.39. The molecule has 0 spiro atoms. The second-order valence-corrected chi connectivity index (χ2v) is 3.39. The maximum Gasteiger partial charge on any atom is 0.273 e. The van der Waals surface area contributed by atoms with Gasteiger partial charge in [-0.2, -0.15) is 0 Å². The van der Waals surface area contributed by atoms with Gasteiger partial charge in [-0.3, -0.25) is 10.1 Å². The van der Waals surface area contributed by atoms with Gasteiger partial charge in [0, 0.05) is 6.54 Å². The van der Waals surface area contributed by atoms with E-state index in [2.05, 4.69) is 5.32 Å². The lowest BCUT2D eigenvalue weighted by Crippen LogP contribution is -2.23. The van der Waals surface area contributed by atoms with E-state index >= 15 is 0 Å². The lowest BCUT2D eigenvalue weighted by atomic mass is 10.1. The molecule has 6 nitrogen and oxygen atoms in total. The zero-order chi connectivity index (χ0) is 12.7. The molecule has 0 atom stereocenters. The summed E-state index contributed by atoms with van der Waals surface area (Å²) >= 11 is 0. The van der Waals surface area contributed by atoms with Crippen molar-refractivity contribution >= 4 is 0 Å². The van der Waals surface area contributed by atoms with Crippen LogP contribution < -0.4 is 15.8 Å². The standard InChI is InChI=1S/C11H15N3O3/c1-17-10-4-2-9(3-5-10)6-7-13-11(12)8-14(15)16/h2-5,8,13H,6-7,12H2,1H3/b11-8+. The third-order valence-electron chi connectivity index (χ3n) is 2.15. The molecule has 3 N–H and O–H groups in total. The van der Waals surface area contributed by atoms with Gasteiger partial charge >= 0.3 is 0 Å².